The SMILES string of the molecule is c1ccc(-[n+]2cnn[nH]2)cc1. The molecular formula is C7H7N4+. The Morgan fingerprint density at radius 3 is 2.64 bits per heavy atom. The zero-order valence-electron chi connectivity index (χ0n) is 5.81. The lowest BCUT2D eigenvalue weighted by atomic mass is 10.3. The molecule has 0 aliphatic heterocycles. The molecule has 1 N–H and O–H groups in total. The third-order valence-electron chi connectivity index (χ3n) is 1.41. The summed E-state index contributed by atoms with van der Waals surface area (Å²) in [5, 5.41) is 9.95. The van der Waals surface area contributed by atoms with Gasteiger partial charge in [0, 0.05) is 0 Å². The summed E-state index contributed by atoms with van der Waals surface area (Å²) in [5.41, 5.74) is 1.03. The standard InChI is InChI=1S/C7H6N4/c1-2-4-7(5-3-1)11-6-8-9-10-11/h1-6H/p+1. The van der Waals surface area contributed by atoms with E-state index >= 15 is 0 Å². The molecular weight excluding hydrogens is 140 g/mol. The van der Waals surface area contributed by atoms with Crippen LogP contribution in [0.1, 0.15) is 0 Å². The van der Waals surface area contributed by atoms with E-state index in [4.69, 9.17) is 0 Å². The second-order valence-electron chi connectivity index (χ2n) is 2.14. The van der Waals surface area contributed by atoms with Gasteiger partial charge in [0.2, 0.25) is 0 Å². The Hall–Kier alpha value is -1.71. The molecule has 4 heteroatoms. The predicted molar refractivity (Wildman–Crippen MR) is 37.9 cm³/mol. The number of hydrogen-bond donors (Lipinski definition) is 1. The lowest BCUT2D eigenvalue weighted by Crippen LogP contribution is -2.31. The molecule has 0 amide bonds. The summed E-state index contributed by atoms with van der Waals surface area (Å²) in [4.78, 5) is 0. The Labute approximate surface area is 63.5 Å². The highest BCUT2D eigenvalue weighted by Crippen LogP contribution is 1.93. The number of tetrazole rings is 1. The number of aromatic amines is 1. The highest BCUT2D eigenvalue weighted by Gasteiger charge is 1.99. The van der Waals surface area contributed by atoms with Crippen molar-refractivity contribution < 1.29 is 4.68 Å². The Balaban J connectivity index is 2.46. The number of rotatable bonds is 1. The molecule has 0 spiro atoms. The first-order chi connectivity index (χ1) is 5.47. The van der Waals surface area contributed by atoms with Gasteiger partial charge in [-0.1, -0.05) is 23.4 Å². The van der Waals surface area contributed by atoms with Crippen LogP contribution in [-0.4, -0.2) is 15.5 Å². The molecule has 2 aromatic rings. The number of aromatic nitrogens is 4. The fraction of sp³-hybridized carbons (Fsp3) is 0. The van der Waals surface area contributed by atoms with Gasteiger partial charge in [-0.2, -0.15) is 0 Å². The van der Waals surface area contributed by atoms with E-state index in [1.165, 1.54) is 0 Å². The van der Waals surface area contributed by atoms with Crippen LogP contribution >= 0.6 is 0 Å². The van der Waals surface area contributed by atoms with Gasteiger partial charge in [0.1, 0.15) is 10.8 Å². The Kier molecular flexibility index (Phi) is 1.37. The van der Waals surface area contributed by atoms with Crippen molar-refractivity contribution in [1.82, 2.24) is 15.5 Å². The van der Waals surface area contributed by atoms with Crippen LogP contribution in [0.15, 0.2) is 36.7 Å². The highest BCUT2D eigenvalue weighted by atomic mass is 15.5. The molecule has 11 heavy (non-hydrogen) atoms. The van der Waals surface area contributed by atoms with E-state index < -0.39 is 0 Å². The largest absolute Gasteiger partial charge is 0.293 e. The van der Waals surface area contributed by atoms with Gasteiger partial charge < -0.3 is 0 Å². The maximum atomic E-state index is 3.66. The van der Waals surface area contributed by atoms with E-state index in [0.29, 0.717) is 0 Å². The van der Waals surface area contributed by atoms with Crippen LogP contribution in [0, 0.1) is 0 Å². The summed E-state index contributed by atoms with van der Waals surface area (Å²) in [7, 11) is 0. The molecule has 1 heterocycles. The number of hydrogen-bond acceptors (Lipinski definition) is 2. The summed E-state index contributed by atoms with van der Waals surface area (Å²) < 4.78 is 1.74. The highest BCUT2D eigenvalue weighted by molar-refractivity contribution is 5.20. The van der Waals surface area contributed by atoms with Crippen LogP contribution in [0.25, 0.3) is 5.69 Å². The molecule has 54 valence electrons. The van der Waals surface area contributed by atoms with Crippen molar-refractivity contribution in [2.75, 3.05) is 0 Å². The molecule has 0 radical (unpaired) electrons. The van der Waals surface area contributed by atoms with E-state index in [2.05, 4.69) is 15.5 Å². The van der Waals surface area contributed by atoms with Crippen molar-refractivity contribution in [2.24, 2.45) is 0 Å². The van der Waals surface area contributed by atoms with Crippen LogP contribution < -0.4 is 4.68 Å². The molecule has 0 saturated carbocycles. The van der Waals surface area contributed by atoms with Gasteiger partial charge in [-0.05, 0) is 12.1 Å². The first-order valence-corrected chi connectivity index (χ1v) is 3.30. The monoisotopic (exact) mass is 147 g/mol. The fourth-order valence-electron chi connectivity index (χ4n) is 0.890. The average molecular weight is 147 g/mol. The van der Waals surface area contributed by atoms with Crippen molar-refractivity contribution in [3.8, 4) is 5.69 Å². The van der Waals surface area contributed by atoms with E-state index in [0.717, 1.165) is 5.69 Å². The molecule has 0 bridgehead atoms. The van der Waals surface area contributed by atoms with Gasteiger partial charge in [0.15, 0.2) is 5.21 Å². The Bertz CT molecular complexity index is 313. The minimum absolute atomic E-state index is 1.03. The quantitative estimate of drug-likeness (QED) is 0.581. The second kappa shape index (κ2) is 2.49. The summed E-state index contributed by atoms with van der Waals surface area (Å²) >= 11 is 0. The fourth-order valence-corrected chi connectivity index (χ4v) is 0.890. The number of H-pyrrole nitrogens is 1. The van der Waals surface area contributed by atoms with Gasteiger partial charge in [-0.25, -0.2) is 0 Å². The van der Waals surface area contributed by atoms with Crippen molar-refractivity contribution in [3.63, 3.8) is 0 Å². The van der Waals surface area contributed by atoms with Gasteiger partial charge in [0.25, 0.3) is 6.33 Å². The van der Waals surface area contributed by atoms with Crippen molar-refractivity contribution >= 4 is 0 Å². The van der Waals surface area contributed by atoms with Gasteiger partial charge >= 0.3 is 0 Å². The molecule has 0 aliphatic carbocycles. The van der Waals surface area contributed by atoms with Crippen LogP contribution in [-0.2, 0) is 0 Å². The molecule has 0 unspecified atom stereocenters. The van der Waals surface area contributed by atoms with Gasteiger partial charge in [-0.15, -0.1) is 4.68 Å². The normalized spacial score (nSPS) is 9.82. The topological polar surface area (TPSA) is 45.5 Å². The second-order valence-corrected chi connectivity index (χ2v) is 2.14. The molecule has 1 aromatic carbocycles. The predicted octanol–water partition coefficient (Wildman–Crippen LogP) is 0.0814. The van der Waals surface area contributed by atoms with Crippen molar-refractivity contribution in [3.05, 3.63) is 36.7 Å². The lowest BCUT2D eigenvalue weighted by Gasteiger charge is -1.90. The number of para-hydroxylation sites is 1. The summed E-state index contributed by atoms with van der Waals surface area (Å²) in [6, 6.07) is 9.83. The lowest BCUT2D eigenvalue weighted by molar-refractivity contribution is -0.660. The van der Waals surface area contributed by atoms with Crippen LogP contribution in [0.3, 0.4) is 0 Å². The summed E-state index contributed by atoms with van der Waals surface area (Å²) in [6.45, 7) is 0. The smallest absolute Gasteiger partial charge is 0.130 e. The van der Waals surface area contributed by atoms with Gasteiger partial charge in [-0.3, -0.25) is 0 Å². The number of nitrogens with zero attached hydrogens (tertiary/aromatic N) is 3. The molecule has 4 nitrogen and oxygen atoms in total. The summed E-state index contributed by atoms with van der Waals surface area (Å²) in [5.74, 6) is 0. The molecule has 2 rings (SSSR count). The molecule has 1 aromatic heterocycles. The molecule has 0 fully saturated rings. The van der Waals surface area contributed by atoms with Crippen LogP contribution in [0.5, 0.6) is 0 Å². The van der Waals surface area contributed by atoms with Crippen LogP contribution in [0.4, 0.5) is 0 Å². The maximum absolute atomic E-state index is 3.66. The minimum Gasteiger partial charge on any atom is -0.130 e. The summed E-state index contributed by atoms with van der Waals surface area (Å²) in [6.07, 6.45) is 1.62. The third-order valence-corrected chi connectivity index (χ3v) is 1.41. The first-order valence-electron chi connectivity index (χ1n) is 3.30. The molecule has 0 atom stereocenters. The first kappa shape index (κ1) is 6.03. The van der Waals surface area contributed by atoms with E-state index in [1.54, 1.807) is 11.0 Å². The number of benzene rings is 1. The van der Waals surface area contributed by atoms with E-state index in [-0.39, 0.29) is 0 Å². The third kappa shape index (κ3) is 1.10. The van der Waals surface area contributed by atoms with E-state index in [9.17, 15) is 0 Å². The van der Waals surface area contributed by atoms with E-state index in [1.807, 2.05) is 30.3 Å². The van der Waals surface area contributed by atoms with Crippen LogP contribution in [0.2, 0.25) is 0 Å². The zero-order valence-corrected chi connectivity index (χ0v) is 5.81. The van der Waals surface area contributed by atoms with Gasteiger partial charge in [0.05, 0.1) is 0 Å². The molecule has 0 saturated heterocycles. The maximum Gasteiger partial charge on any atom is 0.293 e. The average Bonchev–Trinajstić information content (AvgIpc) is 2.58. The van der Waals surface area contributed by atoms with Crippen molar-refractivity contribution in [1.29, 1.82) is 0 Å². The Morgan fingerprint density at radius 1 is 1.18 bits per heavy atom. The molecule has 0 aliphatic rings. The minimum atomic E-state index is 1.03. The number of nitrogens with one attached hydrogen (secondary N) is 1. The van der Waals surface area contributed by atoms with Crippen molar-refractivity contribution in [2.45, 2.75) is 0 Å². The Morgan fingerprint density at radius 2 is 2.00 bits per heavy atom. The zero-order chi connectivity index (χ0) is 7.52.